The number of hydrogen-bond donors (Lipinski definition) is 1. The molecule has 0 atom stereocenters. The summed E-state index contributed by atoms with van der Waals surface area (Å²) in [6.07, 6.45) is 1.45. The van der Waals surface area contributed by atoms with Gasteiger partial charge < -0.3 is 9.47 Å². The Kier molecular flexibility index (Phi) is 7.02. The van der Waals surface area contributed by atoms with Crippen molar-refractivity contribution in [3.63, 3.8) is 0 Å². The minimum Gasteiger partial charge on any atom is -0.496 e. The smallest absolute Gasteiger partial charge is 0.295 e. The van der Waals surface area contributed by atoms with Crippen molar-refractivity contribution in [3.8, 4) is 5.75 Å². The average Bonchev–Trinajstić information content (AvgIpc) is 2.74. The normalized spacial score (nSPS) is 15.3. The second-order valence-electron chi connectivity index (χ2n) is 6.21. The Morgan fingerprint density at radius 3 is 2.67 bits per heavy atom. The van der Waals surface area contributed by atoms with Crippen LogP contribution in [0.4, 0.5) is 11.4 Å². The maximum absolute atomic E-state index is 12.8. The fourth-order valence-electron chi connectivity index (χ4n) is 2.83. The molecule has 0 aliphatic carbocycles. The Morgan fingerprint density at radius 1 is 1.27 bits per heavy atom. The monoisotopic (exact) mass is 498 g/mol. The first kappa shape index (κ1) is 22.2. The third-order valence-corrected chi connectivity index (χ3v) is 6.74. The van der Waals surface area contributed by atoms with Crippen LogP contribution in [0.2, 0.25) is 0 Å². The van der Waals surface area contributed by atoms with Crippen molar-refractivity contribution < 1.29 is 22.8 Å². The van der Waals surface area contributed by atoms with Crippen LogP contribution in [-0.2, 0) is 14.8 Å². The molecule has 30 heavy (non-hydrogen) atoms. The van der Waals surface area contributed by atoms with Gasteiger partial charge in [-0.3, -0.25) is 15.5 Å². The van der Waals surface area contributed by atoms with E-state index in [2.05, 4.69) is 26.5 Å². The first-order valence-electron chi connectivity index (χ1n) is 8.82. The molecule has 1 aliphatic heterocycles. The number of benzene rings is 2. The van der Waals surface area contributed by atoms with Gasteiger partial charge in [0.05, 0.1) is 36.4 Å². The Morgan fingerprint density at radius 2 is 2.00 bits per heavy atom. The van der Waals surface area contributed by atoms with Crippen LogP contribution in [0.25, 0.3) is 0 Å². The lowest BCUT2D eigenvalue weighted by Gasteiger charge is -2.26. The zero-order chi connectivity index (χ0) is 21.7. The van der Waals surface area contributed by atoms with E-state index in [1.807, 2.05) is 6.07 Å². The van der Waals surface area contributed by atoms with E-state index in [4.69, 9.17) is 9.47 Å². The van der Waals surface area contributed by atoms with Crippen LogP contribution in [0.15, 0.2) is 50.9 Å². The van der Waals surface area contributed by atoms with E-state index in [0.29, 0.717) is 11.3 Å². The number of anilines is 1. The summed E-state index contributed by atoms with van der Waals surface area (Å²) in [7, 11) is -2.33. The maximum atomic E-state index is 12.8. The van der Waals surface area contributed by atoms with E-state index in [1.165, 1.54) is 29.8 Å². The first-order chi connectivity index (χ1) is 14.3. The van der Waals surface area contributed by atoms with Crippen molar-refractivity contribution in [2.45, 2.75) is 4.90 Å². The summed E-state index contributed by atoms with van der Waals surface area (Å²) in [6.45, 7) is 0.979. The Labute approximate surface area is 181 Å². The molecule has 0 radical (unpaired) electrons. The standard InChI is InChI=1S/C18H19BrN4O6S/c1-28-18-5-2-14(19)10-13(18)12-20-21-16-4-3-15(11-17(16)23(24)25)30(26,27)22-6-8-29-9-7-22/h2-5,10-12,21H,6-9H2,1H3/b20-12-. The minimum absolute atomic E-state index is 0.0612. The lowest BCUT2D eigenvalue weighted by atomic mass is 10.2. The van der Waals surface area contributed by atoms with Gasteiger partial charge in [-0.25, -0.2) is 8.42 Å². The van der Waals surface area contributed by atoms with E-state index in [0.717, 1.165) is 10.5 Å². The van der Waals surface area contributed by atoms with Crippen molar-refractivity contribution in [3.05, 3.63) is 56.5 Å². The first-order valence-corrected chi connectivity index (χ1v) is 11.0. The lowest BCUT2D eigenvalue weighted by molar-refractivity contribution is -0.384. The summed E-state index contributed by atoms with van der Waals surface area (Å²) in [4.78, 5) is 10.7. The van der Waals surface area contributed by atoms with Crippen LogP contribution in [0.5, 0.6) is 5.75 Å². The summed E-state index contributed by atoms with van der Waals surface area (Å²) in [5.41, 5.74) is 2.91. The molecule has 2 aromatic rings. The zero-order valence-corrected chi connectivity index (χ0v) is 18.3. The van der Waals surface area contributed by atoms with Gasteiger partial charge in [0, 0.05) is 29.2 Å². The summed E-state index contributed by atoms with van der Waals surface area (Å²) in [6, 6.07) is 9.00. The minimum atomic E-state index is -3.85. The van der Waals surface area contributed by atoms with Gasteiger partial charge in [0.2, 0.25) is 10.0 Å². The molecule has 1 N–H and O–H groups in total. The molecule has 3 rings (SSSR count). The number of nitrogens with zero attached hydrogens (tertiary/aromatic N) is 3. The molecule has 0 spiro atoms. The van der Waals surface area contributed by atoms with Crippen LogP contribution in [0.3, 0.4) is 0 Å². The highest BCUT2D eigenvalue weighted by Gasteiger charge is 2.28. The molecule has 0 unspecified atom stereocenters. The van der Waals surface area contributed by atoms with Crippen molar-refractivity contribution in [1.29, 1.82) is 0 Å². The molecule has 1 aliphatic rings. The maximum Gasteiger partial charge on any atom is 0.295 e. The SMILES string of the molecule is COc1ccc(Br)cc1/C=N\Nc1ccc(S(=O)(=O)N2CCOCC2)cc1[N+](=O)[O-]. The third-order valence-electron chi connectivity index (χ3n) is 4.35. The lowest BCUT2D eigenvalue weighted by Crippen LogP contribution is -2.40. The Balaban J connectivity index is 1.86. The molecule has 2 aromatic carbocycles. The van der Waals surface area contributed by atoms with E-state index in [9.17, 15) is 18.5 Å². The second kappa shape index (κ2) is 9.51. The van der Waals surface area contributed by atoms with Crippen LogP contribution in [-0.4, -0.2) is 57.3 Å². The van der Waals surface area contributed by atoms with Gasteiger partial charge in [0.15, 0.2) is 0 Å². The van der Waals surface area contributed by atoms with Crippen LogP contribution in [0, 0.1) is 10.1 Å². The molecule has 0 amide bonds. The number of rotatable bonds is 7. The number of ether oxygens (including phenoxy) is 2. The van der Waals surface area contributed by atoms with Gasteiger partial charge >= 0.3 is 0 Å². The molecular formula is C18H19BrN4O6S. The van der Waals surface area contributed by atoms with E-state index in [-0.39, 0.29) is 36.9 Å². The van der Waals surface area contributed by atoms with Gasteiger partial charge in [-0.1, -0.05) is 15.9 Å². The molecule has 0 saturated carbocycles. The number of morpholine rings is 1. The summed E-state index contributed by atoms with van der Waals surface area (Å²) < 4.78 is 38.0. The highest BCUT2D eigenvalue weighted by atomic mass is 79.9. The molecule has 1 saturated heterocycles. The molecule has 0 bridgehead atoms. The molecular weight excluding hydrogens is 480 g/mol. The van der Waals surface area contributed by atoms with Gasteiger partial charge in [-0.2, -0.15) is 9.41 Å². The van der Waals surface area contributed by atoms with Crippen LogP contribution in [0.1, 0.15) is 5.56 Å². The zero-order valence-electron chi connectivity index (χ0n) is 15.9. The molecule has 10 nitrogen and oxygen atoms in total. The fraction of sp³-hybridized carbons (Fsp3) is 0.278. The largest absolute Gasteiger partial charge is 0.496 e. The average molecular weight is 499 g/mol. The van der Waals surface area contributed by atoms with Crippen LogP contribution < -0.4 is 10.2 Å². The number of nitro groups is 1. The summed E-state index contributed by atoms with van der Waals surface area (Å²) in [5.74, 6) is 0.574. The number of methoxy groups -OCH3 is 1. The summed E-state index contributed by atoms with van der Waals surface area (Å²) >= 11 is 3.36. The van der Waals surface area contributed by atoms with E-state index in [1.54, 1.807) is 12.1 Å². The number of halogens is 1. The van der Waals surface area contributed by atoms with Gasteiger partial charge in [0.25, 0.3) is 5.69 Å². The number of sulfonamides is 1. The Bertz CT molecular complexity index is 1070. The van der Waals surface area contributed by atoms with Gasteiger partial charge in [-0.05, 0) is 30.3 Å². The van der Waals surface area contributed by atoms with Crippen molar-refractivity contribution in [1.82, 2.24) is 4.31 Å². The predicted octanol–water partition coefficient (Wildman–Crippen LogP) is 2.83. The Hall–Kier alpha value is -2.54. The predicted molar refractivity (Wildman–Crippen MR) is 115 cm³/mol. The second-order valence-corrected chi connectivity index (χ2v) is 9.06. The topological polar surface area (TPSA) is 123 Å². The molecule has 1 fully saturated rings. The van der Waals surface area contributed by atoms with E-state index < -0.39 is 20.6 Å². The summed E-state index contributed by atoms with van der Waals surface area (Å²) in [5, 5.41) is 15.5. The van der Waals surface area contributed by atoms with Crippen molar-refractivity contribution in [2.75, 3.05) is 38.8 Å². The van der Waals surface area contributed by atoms with E-state index >= 15 is 0 Å². The fourth-order valence-corrected chi connectivity index (χ4v) is 4.64. The quantitative estimate of drug-likeness (QED) is 0.353. The number of nitrogens with one attached hydrogen (secondary N) is 1. The third kappa shape index (κ3) is 4.95. The number of nitro benzene ring substituents is 1. The van der Waals surface area contributed by atoms with Crippen LogP contribution >= 0.6 is 15.9 Å². The molecule has 12 heteroatoms. The van der Waals surface area contributed by atoms with Crippen molar-refractivity contribution >= 4 is 43.5 Å². The molecule has 160 valence electrons. The van der Waals surface area contributed by atoms with Crippen molar-refractivity contribution in [2.24, 2.45) is 5.10 Å². The molecule has 1 heterocycles. The molecule has 0 aromatic heterocycles. The highest BCUT2D eigenvalue weighted by Crippen LogP contribution is 2.29. The number of hydrazone groups is 1. The van der Waals surface area contributed by atoms with Gasteiger partial charge in [-0.15, -0.1) is 0 Å². The van der Waals surface area contributed by atoms with Gasteiger partial charge in [0.1, 0.15) is 11.4 Å². The number of hydrogen-bond acceptors (Lipinski definition) is 8. The highest BCUT2D eigenvalue weighted by molar-refractivity contribution is 9.10.